The van der Waals surface area contributed by atoms with Gasteiger partial charge in [0.25, 0.3) is 11.6 Å². The third-order valence-corrected chi connectivity index (χ3v) is 3.02. The maximum atomic E-state index is 13.2. The van der Waals surface area contributed by atoms with Crippen molar-refractivity contribution in [1.29, 1.82) is 0 Å². The number of nitrogens with zero attached hydrogens (tertiary/aromatic N) is 1. The fraction of sp³-hybridized carbons (Fsp3) is 0. The summed E-state index contributed by atoms with van der Waals surface area (Å²) in [6.45, 7) is 0. The Morgan fingerprint density at radius 3 is 2.79 bits per heavy atom. The van der Waals surface area contributed by atoms with Gasteiger partial charge >= 0.3 is 0 Å². The lowest BCUT2D eigenvalue weighted by atomic mass is 10.1. The Morgan fingerprint density at radius 2 is 2.21 bits per heavy atom. The SMILES string of the molecule is Nc1cc(C(=O)Nc2ccsc2)c([N+](=O)[O-])cc1F. The first-order chi connectivity index (χ1) is 8.99. The van der Waals surface area contributed by atoms with Crippen LogP contribution in [0.25, 0.3) is 0 Å². The highest BCUT2D eigenvalue weighted by Crippen LogP contribution is 2.25. The smallest absolute Gasteiger partial charge is 0.285 e. The van der Waals surface area contributed by atoms with E-state index in [0.29, 0.717) is 11.8 Å². The molecule has 1 amide bonds. The monoisotopic (exact) mass is 281 g/mol. The van der Waals surface area contributed by atoms with Crippen LogP contribution in [0, 0.1) is 15.9 Å². The highest BCUT2D eigenvalue weighted by molar-refractivity contribution is 7.08. The topological polar surface area (TPSA) is 98.3 Å². The fourth-order valence-corrected chi connectivity index (χ4v) is 2.03. The number of hydrogen-bond donors (Lipinski definition) is 2. The molecular weight excluding hydrogens is 273 g/mol. The maximum Gasteiger partial charge on any atom is 0.285 e. The molecule has 1 heterocycles. The van der Waals surface area contributed by atoms with Crippen molar-refractivity contribution in [1.82, 2.24) is 0 Å². The molecule has 3 N–H and O–H groups in total. The lowest BCUT2D eigenvalue weighted by Gasteiger charge is -2.05. The molecule has 0 bridgehead atoms. The highest BCUT2D eigenvalue weighted by Gasteiger charge is 2.23. The Hall–Kier alpha value is -2.48. The zero-order valence-electron chi connectivity index (χ0n) is 9.42. The molecule has 0 aliphatic carbocycles. The van der Waals surface area contributed by atoms with Gasteiger partial charge in [0.2, 0.25) is 0 Å². The van der Waals surface area contributed by atoms with Crippen LogP contribution in [0.5, 0.6) is 0 Å². The van der Waals surface area contributed by atoms with E-state index in [9.17, 15) is 19.3 Å². The summed E-state index contributed by atoms with van der Waals surface area (Å²) in [5, 5.41) is 16.7. The van der Waals surface area contributed by atoms with Crippen LogP contribution < -0.4 is 11.1 Å². The Balaban J connectivity index is 2.40. The summed E-state index contributed by atoms with van der Waals surface area (Å²) >= 11 is 1.36. The number of carbonyl (C=O) groups excluding carboxylic acids is 1. The number of amides is 1. The summed E-state index contributed by atoms with van der Waals surface area (Å²) in [6, 6.07) is 3.23. The molecule has 0 saturated heterocycles. The standard InChI is InChI=1S/C11H8FN3O3S/c12-8-4-10(15(17)18)7(3-9(8)13)11(16)14-6-1-2-19-5-6/h1-5H,13H2,(H,14,16). The molecule has 0 saturated carbocycles. The largest absolute Gasteiger partial charge is 0.396 e. The minimum atomic E-state index is -0.932. The summed E-state index contributed by atoms with van der Waals surface area (Å²) in [5.74, 6) is -1.64. The first kappa shape index (κ1) is 13.0. The van der Waals surface area contributed by atoms with Crippen LogP contribution >= 0.6 is 11.3 Å². The molecular formula is C11H8FN3O3S. The summed E-state index contributed by atoms with van der Waals surface area (Å²) in [7, 11) is 0. The number of nitrogens with two attached hydrogens (primary N) is 1. The first-order valence-corrected chi connectivity index (χ1v) is 6.00. The number of thiophene rings is 1. The van der Waals surface area contributed by atoms with E-state index in [1.165, 1.54) is 11.3 Å². The van der Waals surface area contributed by atoms with E-state index < -0.39 is 22.3 Å². The van der Waals surface area contributed by atoms with E-state index in [1.54, 1.807) is 16.8 Å². The molecule has 0 fully saturated rings. The van der Waals surface area contributed by atoms with Crippen molar-refractivity contribution >= 4 is 34.3 Å². The van der Waals surface area contributed by atoms with Crippen molar-refractivity contribution in [3.05, 3.63) is 50.5 Å². The van der Waals surface area contributed by atoms with Gasteiger partial charge in [-0.2, -0.15) is 11.3 Å². The van der Waals surface area contributed by atoms with Gasteiger partial charge in [0, 0.05) is 5.38 Å². The van der Waals surface area contributed by atoms with Crippen molar-refractivity contribution < 1.29 is 14.1 Å². The van der Waals surface area contributed by atoms with Crippen LogP contribution in [-0.2, 0) is 0 Å². The molecule has 0 aliphatic rings. The Bertz CT molecular complexity index is 643. The van der Waals surface area contributed by atoms with E-state index in [4.69, 9.17) is 5.73 Å². The zero-order chi connectivity index (χ0) is 14.0. The van der Waals surface area contributed by atoms with Crippen molar-refractivity contribution in [3.63, 3.8) is 0 Å². The molecule has 0 atom stereocenters. The van der Waals surface area contributed by atoms with E-state index in [0.717, 1.165) is 6.07 Å². The van der Waals surface area contributed by atoms with Crippen molar-refractivity contribution in [2.75, 3.05) is 11.1 Å². The number of halogens is 1. The molecule has 19 heavy (non-hydrogen) atoms. The van der Waals surface area contributed by atoms with Crippen LogP contribution in [0.1, 0.15) is 10.4 Å². The van der Waals surface area contributed by atoms with Crippen LogP contribution in [0.15, 0.2) is 29.0 Å². The summed E-state index contributed by atoms with van der Waals surface area (Å²) in [6.07, 6.45) is 0. The fourth-order valence-electron chi connectivity index (χ4n) is 1.45. The lowest BCUT2D eigenvalue weighted by molar-refractivity contribution is -0.385. The number of nitro groups is 1. The zero-order valence-corrected chi connectivity index (χ0v) is 10.2. The van der Waals surface area contributed by atoms with Crippen LogP contribution in [0.3, 0.4) is 0 Å². The predicted molar refractivity (Wildman–Crippen MR) is 69.7 cm³/mol. The first-order valence-electron chi connectivity index (χ1n) is 5.06. The number of hydrogen-bond acceptors (Lipinski definition) is 5. The molecule has 98 valence electrons. The van der Waals surface area contributed by atoms with Crippen LogP contribution in [0.2, 0.25) is 0 Å². The third-order valence-electron chi connectivity index (χ3n) is 2.34. The van der Waals surface area contributed by atoms with Gasteiger partial charge in [-0.3, -0.25) is 14.9 Å². The maximum absolute atomic E-state index is 13.2. The highest BCUT2D eigenvalue weighted by atomic mass is 32.1. The van der Waals surface area contributed by atoms with Gasteiger partial charge in [0.15, 0.2) is 5.82 Å². The van der Waals surface area contributed by atoms with Crippen LogP contribution in [0.4, 0.5) is 21.5 Å². The molecule has 0 spiro atoms. The molecule has 1 aromatic carbocycles. The normalized spacial score (nSPS) is 10.2. The van der Waals surface area contributed by atoms with Gasteiger partial charge in [-0.15, -0.1) is 0 Å². The summed E-state index contributed by atoms with van der Waals surface area (Å²) < 4.78 is 13.2. The molecule has 0 unspecified atom stereocenters. The van der Waals surface area contributed by atoms with E-state index in [1.807, 2.05) is 0 Å². The molecule has 0 aliphatic heterocycles. The lowest BCUT2D eigenvalue weighted by Crippen LogP contribution is -2.14. The van der Waals surface area contributed by atoms with Gasteiger partial charge in [-0.1, -0.05) is 0 Å². The summed E-state index contributed by atoms with van der Waals surface area (Å²) in [4.78, 5) is 21.9. The average Bonchev–Trinajstić information content (AvgIpc) is 2.84. The van der Waals surface area contributed by atoms with Crippen molar-refractivity contribution in [2.24, 2.45) is 0 Å². The number of anilines is 2. The van der Waals surface area contributed by atoms with Gasteiger partial charge in [-0.05, 0) is 17.5 Å². The van der Waals surface area contributed by atoms with E-state index in [2.05, 4.69) is 5.32 Å². The van der Waals surface area contributed by atoms with Gasteiger partial charge < -0.3 is 11.1 Å². The van der Waals surface area contributed by atoms with E-state index >= 15 is 0 Å². The van der Waals surface area contributed by atoms with Crippen LogP contribution in [-0.4, -0.2) is 10.8 Å². The predicted octanol–water partition coefficient (Wildman–Crippen LogP) is 2.63. The van der Waals surface area contributed by atoms with Gasteiger partial charge in [0.05, 0.1) is 22.4 Å². The van der Waals surface area contributed by atoms with Crippen molar-refractivity contribution in [3.8, 4) is 0 Å². The molecule has 2 aromatic rings. The average molecular weight is 281 g/mol. The Morgan fingerprint density at radius 1 is 1.47 bits per heavy atom. The Labute approximate surface area is 110 Å². The second kappa shape index (κ2) is 5.02. The Kier molecular flexibility index (Phi) is 3.43. The third kappa shape index (κ3) is 2.68. The molecule has 0 radical (unpaired) electrons. The second-order valence-corrected chi connectivity index (χ2v) is 4.39. The second-order valence-electron chi connectivity index (χ2n) is 3.61. The summed E-state index contributed by atoms with van der Waals surface area (Å²) in [5.41, 5.74) is 4.61. The number of nitrogens with one attached hydrogen (secondary N) is 1. The number of nitro benzene ring substituents is 1. The molecule has 8 heteroatoms. The quantitative estimate of drug-likeness (QED) is 0.513. The van der Waals surface area contributed by atoms with Gasteiger partial charge in [-0.25, -0.2) is 4.39 Å². The minimum Gasteiger partial charge on any atom is -0.396 e. The number of rotatable bonds is 3. The van der Waals surface area contributed by atoms with E-state index in [-0.39, 0.29) is 11.3 Å². The minimum absolute atomic E-state index is 0.282. The molecule has 6 nitrogen and oxygen atoms in total. The number of benzene rings is 1. The molecule has 1 aromatic heterocycles. The molecule has 2 rings (SSSR count). The number of nitrogen functional groups attached to an aromatic ring is 1. The van der Waals surface area contributed by atoms with Crippen molar-refractivity contribution in [2.45, 2.75) is 0 Å². The van der Waals surface area contributed by atoms with Gasteiger partial charge in [0.1, 0.15) is 5.56 Å². The number of carbonyl (C=O) groups is 1.